The molecule has 2 nitrogen and oxygen atoms in total. The lowest BCUT2D eigenvalue weighted by Gasteiger charge is -2.34. The van der Waals surface area contributed by atoms with Gasteiger partial charge in [0, 0.05) is 6.04 Å². The summed E-state index contributed by atoms with van der Waals surface area (Å²) < 4.78 is 0. The van der Waals surface area contributed by atoms with E-state index in [1.165, 1.54) is 37.7 Å². The third-order valence-electron chi connectivity index (χ3n) is 4.23. The first-order chi connectivity index (χ1) is 8.85. The predicted octanol–water partition coefficient (Wildman–Crippen LogP) is 3.28. The lowest BCUT2D eigenvalue weighted by Crippen LogP contribution is -2.41. The van der Waals surface area contributed by atoms with Gasteiger partial charge in [-0.1, -0.05) is 56.5 Å². The quantitative estimate of drug-likeness (QED) is 0.837. The molecule has 0 radical (unpaired) electrons. The molecular weight excluding hydrogens is 222 g/mol. The Morgan fingerprint density at radius 3 is 2.61 bits per heavy atom. The van der Waals surface area contributed by atoms with Crippen molar-refractivity contribution in [2.24, 2.45) is 5.92 Å². The fourth-order valence-electron chi connectivity index (χ4n) is 3.11. The Balaban J connectivity index is 2.01. The summed E-state index contributed by atoms with van der Waals surface area (Å²) in [5.41, 5.74) is 1.19. The van der Waals surface area contributed by atoms with Crippen molar-refractivity contribution in [1.29, 1.82) is 0 Å². The Morgan fingerprint density at radius 1 is 1.22 bits per heavy atom. The molecule has 0 bridgehead atoms. The van der Waals surface area contributed by atoms with Crippen LogP contribution < -0.4 is 5.32 Å². The molecule has 0 aromatic heterocycles. The first-order valence-electron chi connectivity index (χ1n) is 7.27. The number of hydrogen-bond donors (Lipinski definition) is 2. The highest BCUT2D eigenvalue weighted by Crippen LogP contribution is 2.28. The zero-order valence-electron chi connectivity index (χ0n) is 11.3. The average molecular weight is 247 g/mol. The monoisotopic (exact) mass is 247 g/mol. The van der Waals surface area contributed by atoms with Gasteiger partial charge >= 0.3 is 0 Å². The largest absolute Gasteiger partial charge is 0.394 e. The van der Waals surface area contributed by atoms with Gasteiger partial charge in [0.2, 0.25) is 0 Å². The molecule has 2 heteroatoms. The zero-order valence-corrected chi connectivity index (χ0v) is 11.3. The highest BCUT2D eigenvalue weighted by atomic mass is 16.3. The molecule has 2 N–H and O–H groups in total. The van der Waals surface area contributed by atoms with E-state index in [1.54, 1.807) is 0 Å². The molecule has 1 aliphatic carbocycles. The molecule has 1 aromatic carbocycles. The minimum absolute atomic E-state index is 0.0864. The number of aliphatic hydroxyl groups is 1. The molecule has 18 heavy (non-hydrogen) atoms. The van der Waals surface area contributed by atoms with Gasteiger partial charge < -0.3 is 10.4 Å². The van der Waals surface area contributed by atoms with E-state index >= 15 is 0 Å². The smallest absolute Gasteiger partial charge is 0.0626 e. The topological polar surface area (TPSA) is 32.3 Å². The third kappa shape index (κ3) is 3.33. The molecule has 100 valence electrons. The van der Waals surface area contributed by atoms with E-state index in [-0.39, 0.29) is 12.6 Å². The van der Waals surface area contributed by atoms with E-state index in [2.05, 4.69) is 24.4 Å². The van der Waals surface area contributed by atoms with Gasteiger partial charge in [-0.3, -0.25) is 0 Å². The maximum Gasteiger partial charge on any atom is 0.0626 e. The molecule has 1 saturated carbocycles. The molecule has 0 spiro atoms. The molecule has 1 fully saturated rings. The lowest BCUT2D eigenvalue weighted by atomic mass is 9.82. The van der Waals surface area contributed by atoms with E-state index in [0.29, 0.717) is 6.04 Å². The number of nitrogens with one attached hydrogen (secondary N) is 1. The Labute approximate surface area is 110 Å². The summed E-state index contributed by atoms with van der Waals surface area (Å²) in [5, 5.41) is 13.3. The molecule has 0 heterocycles. The number of benzene rings is 1. The van der Waals surface area contributed by atoms with Gasteiger partial charge in [0.05, 0.1) is 12.6 Å². The Bertz CT molecular complexity index is 338. The maximum atomic E-state index is 9.61. The second kappa shape index (κ2) is 6.91. The number of aliphatic hydroxyl groups excluding tert-OH is 1. The van der Waals surface area contributed by atoms with Gasteiger partial charge in [-0.05, 0) is 24.3 Å². The van der Waals surface area contributed by atoms with Crippen molar-refractivity contribution >= 4 is 0 Å². The Kier molecular flexibility index (Phi) is 5.21. The molecular formula is C16H25NO. The molecule has 0 amide bonds. The summed E-state index contributed by atoms with van der Waals surface area (Å²) in [6, 6.07) is 10.9. The van der Waals surface area contributed by atoms with Crippen molar-refractivity contribution in [2.45, 2.75) is 51.1 Å². The van der Waals surface area contributed by atoms with E-state index in [9.17, 15) is 5.11 Å². The summed E-state index contributed by atoms with van der Waals surface area (Å²) in [5.74, 6) is 0.775. The minimum Gasteiger partial charge on any atom is -0.394 e. The van der Waals surface area contributed by atoms with E-state index in [0.717, 1.165) is 5.92 Å². The third-order valence-corrected chi connectivity index (χ3v) is 4.23. The van der Waals surface area contributed by atoms with Gasteiger partial charge in [-0.15, -0.1) is 0 Å². The second-order valence-corrected chi connectivity index (χ2v) is 5.37. The minimum atomic E-state index is 0.0864. The maximum absolute atomic E-state index is 9.61. The molecule has 2 rings (SSSR count). The van der Waals surface area contributed by atoms with Crippen molar-refractivity contribution in [1.82, 2.24) is 5.32 Å². The summed E-state index contributed by atoms with van der Waals surface area (Å²) in [6.45, 7) is 2.46. The van der Waals surface area contributed by atoms with Gasteiger partial charge in [0.1, 0.15) is 0 Å². The van der Waals surface area contributed by atoms with E-state index in [1.807, 2.05) is 18.2 Å². The highest BCUT2D eigenvalue weighted by Gasteiger charge is 2.25. The van der Waals surface area contributed by atoms with Crippen molar-refractivity contribution in [3.05, 3.63) is 35.9 Å². The van der Waals surface area contributed by atoms with Crippen molar-refractivity contribution < 1.29 is 5.11 Å². The summed E-state index contributed by atoms with van der Waals surface area (Å²) in [7, 11) is 0. The van der Waals surface area contributed by atoms with Crippen LogP contribution >= 0.6 is 0 Å². The van der Waals surface area contributed by atoms with Crippen LogP contribution in [0.1, 0.15) is 50.6 Å². The standard InChI is InChI=1S/C16H25NO/c1-2-13-8-6-7-11-15(13)17-16(12-18)14-9-4-3-5-10-14/h3-5,9-10,13,15-18H,2,6-8,11-12H2,1H3/t13?,15?,16-/m0/s1. The van der Waals surface area contributed by atoms with Crippen LogP contribution in [0.15, 0.2) is 30.3 Å². The average Bonchev–Trinajstić information content (AvgIpc) is 2.46. The second-order valence-electron chi connectivity index (χ2n) is 5.37. The molecule has 2 unspecified atom stereocenters. The van der Waals surface area contributed by atoms with Crippen LogP contribution in [-0.2, 0) is 0 Å². The van der Waals surface area contributed by atoms with E-state index in [4.69, 9.17) is 0 Å². The fourth-order valence-corrected chi connectivity index (χ4v) is 3.11. The summed E-state index contributed by atoms with van der Waals surface area (Å²) in [6.07, 6.45) is 6.51. The lowest BCUT2D eigenvalue weighted by molar-refractivity contribution is 0.187. The van der Waals surface area contributed by atoms with Gasteiger partial charge in [-0.2, -0.15) is 0 Å². The van der Waals surface area contributed by atoms with Gasteiger partial charge in [0.25, 0.3) is 0 Å². The van der Waals surface area contributed by atoms with Crippen LogP contribution in [0.2, 0.25) is 0 Å². The van der Waals surface area contributed by atoms with E-state index < -0.39 is 0 Å². The molecule has 0 aliphatic heterocycles. The predicted molar refractivity (Wildman–Crippen MR) is 75.4 cm³/mol. The summed E-state index contributed by atoms with van der Waals surface area (Å²) in [4.78, 5) is 0. The first kappa shape index (κ1) is 13.6. The van der Waals surface area contributed by atoms with Crippen molar-refractivity contribution in [3.8, 4) is 0 Å². The first-order valence-corrected chi connectivity index (χ1v) is 7.27. The van der Waals surface area contributed by atoms with Crippen LogP contribution in [0.5, 0.6) is 0 Å². The number of hydrogen-bond acceptors (Lipinski definition) is 2. The SMILES string of the molecule is CCC1CCCCC1N[C@@H](CO)c1ccccc1. The normalized spacial score (nSPS) is 25.9. The van der Waals surface area contributed by atoms with Crippen LogP contribution in [0.25, 0.3) is 0 Å². The van der Waals surface area contributed by atoms with Crippen molar-refractivity contribution in [3.63, 3.8) is 0 Å². The zero-order chi connectivity index (χ0) is 12.8. The molecule has 0 saturated heterocycles. The number of rotatable bonds is 5. The summed E-state index contributed by atoms with van der Waals surface area (Å²) >= 11 is 0. The Hall–Kier alpha value is -0.860. The van der Waals surface area contributed by atoms with Gasteiger partial charge in [-0.25, -0.2) is 0 Å². The molecule has 3 atom stereocenters. The Morgan fingerprint density at radius 2 is 1.94 bits per heavy atom. The van der Waals surface area contributed by atoms with Crippen LogP contribution in [0.4, 0.5) is 0 Å². The molecule has 1 aromatic rings. The van der Waals surface area contributed by atoms with Crippen LogP contribution in [-0.4, -0.2) is 17.8 Å². The van der Waals surface area contributed by atoms with Crippen LogP contribution in [0.3, 0.4) is 0 Å². The van der Waals surface area contributed by atoms with Crippen LogP contribution in [0, 0.1) is 5.92 Å². The highest BCUT2D eigenvalue weighted by molar-refractivity contribution is 5.19. The van der Waals surface area contributed by atoms with Gasteiger partial charge in [0.15, 0.2) is 0 Å². The fraction of sp³-hybridized carbons (Fsp3) is 0.625. The van der Waals surface area contributed by atoms with Crippen molar-refractivity contribution in [2.75, 3.05) is 6.61 Å². The molecule has 1 aliphatic rings.